The van der Waals surface area contributed by atoms with Gasteiger partial charge in [0, 0.05) is 16.8 Å². The zero-order valence-electron chi connectivity index (χ0n) is 10.9. The minimum Gasteiger partial charge on any atom is -0.316 e. The Morgan fingerprint density at radius 2 is 2.12 bits per heavy atom. The highest BCUT2D eigenvalue weighted by Crippen LogP contribution is 2.26. The first-order chi connectivity index (χ1) is 7.52. The molecule has 0 spiro atoms. The van der Waals surface area contributed by atoms with Crippen LogP contribution in [0.2, 0.25) is 0 Å². The van der Waals surface area contributed by atoms with E-state index in [2.05, 4.69) is 55.7 Å². The van der Waals surface area contributed by atoms with E-state index in [0.29, 0.717) is 0 Å². The van der Waals surface area contributed by atoms with Crippen LogP contribution in [0.3, 0.4) is 0 Å². The molecule has 1 heterocycles. The SMILES string of the molecule is CN(C)CCCNCC(C)(C)c1cccs1. The van der Waals surface area contributed by atoms with Gasteiger partial charge in [-0.05, 0) is 45.1 Å². The van der Waals surface area contributed by atoms with Crippen molar-refractivity contribution in [1.82, 2.24) is 10.2 Å². The third-order valence-corrected chi connectivity index (χ3v) is 3.95. The molecule has 3 heteroatoms. The molecular formula is C13H24N2S. The number of hydrogen-bond donors (Lipinski definition) is 1. The van der Waals surface area contributed by atoms with Crippen LogP contribution in [0.1, 0.15) is 25.1 Å². The van der Waals surface area contributed by atoms with Gasteiger partial charge in [0.25, 0.3) is 0 Å². The van der Waals surface area contributed by atoms with Gasteiger partial charge in [-0.3, -0.25) is 0 Å². The molecule has 0 aliphatic rings. The third kappa shape index (κ3) is 4.64. The van der Waals surface area contributed by atoms with Crippen molar-refractivity contribution in [3.05, 3.63) is 22.4 Å². The van der Waals surface area contributed by atoms with E-state index < -0.39 is 0 Å². The van der Waals surface area contributed by atoms with Crippen molar-refractivity contribution in [3.8, 4) is 0 Å². The lowest BCUT2D eigenvalue weighted by atomic mass is 9.91. The molecule has 0 fully saturated rings. The molecule has 1 aromatic heterocycles. The van der Waals surface area contributed by atoms with Crippen LogP contribution in [-0.4, -0.2) is 38.6 Å². The Balaban J connectivity index is 2.22. The maximum Gasteiger partial charge on any atom is 0.0115 e. The van der Waals surface area contributed by atoms with E-state index in [-0.39, 0.29) is 5.41 Å². The standard InChI is InChI=1S/C13H24N2S/c1-13(2,12-7-5-10-16-12)11-14-8-6-9-15(3)4/h5,7,10,14H,6,8-9,11H2,1-4H3. The second kappa shape index (κ2) is 6.38. The predicted octanol–water partition coefficient (Wildman–Crippen LogP) is 2.57. The van der Waals surface area contributed by atoms with Gasteiger partial charge < -0.3 is 10.2 Å². The summed E-state index contributed by atoms with van der Waals surface area (Å²) in [6.45, 7) is 7.93. The molecule has 0 aliphatic carbocycles. The molecule has 0 aromatic carbocycles. The molecule has 2 nitrogen and oxygen atoms in total. The number of nitrogens with zero attached hydrogens (tertiary/aromatic N) is 1. The van der Waals surface area contributed by atoms with E-state index in [4.69, 9.17) is 0 Å². The van der Waals surface area contributed by atoms with Crippen molar-refractivity contribution in [2.45, 2.75) is 25.7 Å². The first-order valence-electron chi connectivity index (χ1n) is 5.92. The Labute approximate surface area is 104 Å². The van der Waals surface area contributed by atoms with E-state index in [1.807, 2.05) is 11.3 Å². The van der Waals surface area contributed by atoms with Gasteiger partial charge in [0.1, 0.15) is 0 Å². The fraction of sp³-hybridized carbons (Fsp3) is 0.692. The molecule has 0 aliphatic heterocycles. The summed E-state index contributed by atoms with van der Waals surface area (Å²) in [6.07, 6.45) is 1.22. The summed E-state index contributed by atoms with van der Waals surface area (Å²) in [4.78, 5) is 3.69. The summed E-state index contributed by atoms with van der Waals surface area (Å²) in [6, 6.07) is 4.36. The normalized spacial score (nSPS) is 12.3. The first kappa shape index (κ1) is 13.7. The highest BCUT2D eigenvalue weighted by molar-refractivity contribution is 7.10. The van der Waals surface area contributed by atoms with Crippen molar-refractivity contribution >= 4 is 11.3 Å². The van der Waals surface area contributed by atoms with Crippen LogP contribution in [-0.2, 0) is 5.41 Å². The number of nitrogens with one attached hydrogen (secondary N) is 1. The van der Waals surface area contributed by atoms with E-state index in [1.54, 1.807) is 0 Å². The molecule has 0 saturated heterocycles. The van der Waals surface area contributed by atoms with Gasteiger partial charge in [-0.1, -0.05) is 19.9 Å². The molecular weight excluding hydrogens is 216 g/mol. The highest BCUT2D eigenvalue weighted by atomic mass is 32.1. The maximum atomic E-state index is 3.55. The van der Waals surface area contributed by atoms with Crippen LogP contribution in [0.5, 0.6) is 0 Å². The van der Waals surface area contributed by atoms with Gasteiger partial charge in [0.05, 0.1) is 0 Å². The van der Waals surface area contributed by atoms with E-state index in [1.165, 1.54) is 11.3 Å². The van der Waals surface area contributed by atoms with Gasteiger partial charge in [-0.25, -0.2) is 0 Å². The van der Waals surface area contributed by atoms with E-state index >= 15 is 0 Å². The lowest BCUT2D eigenvalue weighted by Gasteiger charge is -2.24. The van der Waals surface area contributed by atoms with Gasteiger partial charge in [0.2, 0.25) is 0 Å². The summed E-state index contributed by atoms with van der Waals surface area (Å²) in [5, 5.41) is 5.71. The third-order valence-electron chi connectivity index (χ3n) is 2.71. The second-order valence-electron chi connectivity index (χ2n) is 5.19. The Bertz CT molecular complexity index is 278. The molecule has 0 radical (unpaired) electrons. The average Bonchev–Trinajstić information content (AvgIpc) is 2.69. The summed E-state index contributed by atoms with van der Waals surface area (Å²) in [5.41, 5.74) is 0.256. The van der Waals surface area contributed by atoms with Gasteiger partial charge >= 0.3 is 0 Å². The van der Waals surface area contributed by atoms with Crippen LogP contribution >= 0.6 is 11.3 Å². The molecule has 0 saturated carbocycles. The van der Waals surface area contributed by atoms with Crippen molar-refractivity contribution in [1.29, 1.82) is 0 Å². The van der Waals surface area contributed by atoms with Crippen LogP contribution in [0.4, 0.5) is 0 Å². The number of rotatable bonds is 7. The lowest BCUT2D eigenvalue weighted by Crippen LogP contribution is -2.33. The summed E-state index contributed by atoms with van der Waals surface area (Å²) in [5.74, 6) is 0. The van der Waals surface area contributed by atoms with Crippen LogP contribution < -0.4 is 5.32 Å². The minimum atomic E-state index is 0.256. The Morgan fingerprint density at radius 1 is 1.38 bits per heavy atom. The first-order valence-corrected chi connectivity index (χ1v) is 6.80. The molecule has 0 amide bonds. The molecule has 1 aromatic rings. The summed E-state index contributed by atoms with van der Waals surface area (Å²) < 4.78 is 0. The smallest absolute Gasteiger partial charge is 0.0115 e. The topological polar surface area (TPSA) is 15.3 Å². The summed E-state index contributed by atoms with van der Waals surface area (Å²) >= 11 is 1.85. The molecule has 16 heavy (non-hydrogen) atoms. The van der Waals surface area contributed by atoms with E-state index in [9.17, 15) is 0 Å². The highest BCUT2D eigenvalue weighted by Gasteiger charge is 2.20. The van der Waals surface area contributed by atoms with Gasteiger partial charge in [0.15, 0.2) is 0 Å². The Kier molecular flexibility index (Phi) is 5.46. The fourth-order valence-electron chi connectivity index (χ4n) is 1.67. The molecule has 0 bridgehead atoms. The molecule has 0 unspecified atom stereocenters. The number of hydrogen-bond acceptors (Lipinski definition) is 3. The van der Waals surface area contributed by atoms with Crippen molar-refractivity contribution < 1.29 is 0 Å². The quantitative estimate of drug-likeness (QED) is 0.737. The number of thiophene rings is 1. The second-order valence-corrected chi connectivity index (χ2v) is 6.14. The average molecular weight is 240 g/mol. The van der Waals surface area contributed by atoms with Crippen LogP contribution in [0.15, 0.2) is 17.5 Å². The Morgan fingerprint density at radius 3 is 2.69 bits per heavy atom. The zero-order valence-corrected chi connectivity index (χ0v) is 11.7. The van der Waals surface area contributed by atoms with E-state index in [0.717, 1.165) is 19.6 Å². The predicted molar refractivity (Wildman–Crippen MR) is 73.4 cm³/mol. The molecule has 0 atom stereocenters. The van der Waals surface area contributed by atoms with Crippen LogP contribution in [0, 0.1) is 0 Å². The molecule has 1 rings (SSSR count). The minimum absolute atomic E-state index is 0.256. The zero-order chi connectivity index (χ0) is 12.0. The monoisotopic (exact) mass is 240 g/mol. The molecule has 92 valence electrons. The summed E-state index contributed by atoms with van der Waals surface area (Å²) in [7, 11) is 4.24. The Hall–Kier alpha value is -0.380. The largest absolute Gasteiger partial charge is 0.316 e. The van der Waals surface area contributed by atoms with Gasteiger partial charge in [-0.2, -0.15) is 0 Å². The fourth-order valence-corrected chi connectivity index (χ4v) is 2.52. The van der Waals surface area contributed by atoms with Crippen molar-refractivity contribution in [2.75, 3.05) is 33.7 Å². The van der Waals surface area contributed by atoms with Crippen molar-refractivity contribution in [3.63, 3.8) is 0 Å². The molecule has 1 N–H and O–H groups in total. The van der Waals surface area contributed by atoms with Crippen LogP contribution in [0.25, 0.3) is 0 Å². The van der Waals surface area contributed by atoms with Crippen molar-refractivity contribution in [2.24, 2.45) is 0 Å². The van der Waals surface area contributed by atoms with Gasteiger partial charge in [-0.15, -0.1) is 11.3 Å². The maximum absolute atomic E-state index is 3.55. The lowest BCUT2D eigenvalue weighted by molar-refractivity contribution is 0.386.